The molecule has 1 saturated heterocycles. The maximum atomic E-state index is 11.5. The lowest BCUT2D eigenvalue weighted by molar-refractivity contribution is -0.115. The average molecular weight is 277 g/mol. The van der Waals surface area contributed by atoms with Crippen molar-refractivity contribution in [1.29, 1.82) is 0 Å². The molecular formula is C13H11NO2S2. The standard InChI is InChI=1S/C13H11NO2S2/c1-2-4-8-5-3-6-9(11(8)15)7-10-12(16)14-13(17)18-10/h2-3,5-7,15H,1,4H2,(H,14,16,17)/b10-7-. The number of benzene rings is 1. The summed E-state index contributed by atoms with van der Waals surface area (Å²) in [4.78, 5) is 12.0. The van der Waals surface area contributed by atoms with E-state index in [1.165, 1.54) is 11.8 Å². The van der Waals surface area contributed by atoms with E-state index in [9.17, 15) is 9.90 Å². The number of nitrogens with one attached hydrogen (secondary N) is 1. The van der Waals surface area contributed by atoms with Gasteiger partial charge < -0.3 is 10.4 Å². The molecule has 1 aromatic carbocycles. The third-order valence-corrected chi connectivity index (χ3v) is 3.61. The predicted octanol–water partition coefficient (Wildman–Crippen LogP) is 2.61. The fraction of sp³-hybridized carbons (Fsp3) is 0.0769. The number of carbonyl (C=O) groups is 1. The quantitative estimate of drug-likeness (QED) is 0.506. The molecule has 0 spiro atoms. The average Bonchev–Trinajstić information content (AvgIpc) is 2.63. The molecule has 0 bridgehead atoms. The highest BCUT2D eigenvalue weighted by atomic mass is 32.2. The number of thioether (sulfide) groups is 1. The normalized spacial score (nSPS) is 17.0. The topological polar surface area (TPSA) is 49.3 Å². The van der Waals surface area contributed by atoms with Gasteiger partial charge in [-0.2, -0.15) is 0 Å². The zero-order valence-electron chi connectivity index (χ0n) is 9.47. The molecule has 1 fully saturated rings. The highest BCUT2D eigenvalue weighted by Crippen LogP contribution is 2.30. The number of para-hydroxylation sites is 1. The summed E-state index contributed by atoms with van der Waals surface area (Å²) < 4.78 is 0.438. The Bertz CT molecular complexity index is 564. The number of allylic oxidation sites excluding steroid dienone is 1. The Hall–Kier alpha value is -1.59. The Morgan fingerprint density at radius 3 is 2.89 bits per heavy atom. The molecule has 1 aromatic rings. The van der Waals surface area contributed by atoms with Gasteiger partial charge in [-0.15, -0.1) is 6.58 Å². The van der Waals surface area contributed by atoms with Crippen LogP contribution in [0.3, 0.4) is 0 Å². The third kappa shape index (κ3) is 2.63. The second-order valence-corrected chi connectivity index (χ2v) is 5.42. The molecule has 2 N–H and O–H groups in total. The van der Waals surface area contributed by atoms with Crippen LogP contribution in [0.5, 0.6) is 5.75 Å². The van der Waals surface area contributed by atoms with Crippen molar-refractivity contribution >= 4 is 40.3 Å². The highest BCUT2D eigenvalue weighted by molar-refractivity contribution is 8.26. The van der Waals surface area contributed by atoms with E-state index in [-0.39, 0.29) is 11.7 Å². The van der Waals surface area contributed by atoms with Gasteiger partial charge in [0.1, 0.15) is 10.1 Å². The number of phenolic OH excluding ortho intramolecular Hbond substituents is 1. The fourth-order valence-corrected chi connectivity index (χ4v) is 2.65. The molecule has 1 aliphatic heterocycles. The summed E-state index contributed by atoms with van der Waals surface area (Å²) in [7, 11) is 0. The van der Waals surface area contributed by atoms with E-state index in [1.54, 1.807) is 18.2 Å². The van der Waals surface area contributed by atoms with Crippen LogP contribution in [0.25, 0.3) is 6.08 Å². The van der Waals surface area contributed by atoms with Crippen LogP contribution in [-0.4, -0.2) is 15.3 Å². The summed E-state index contributed by atoms with van der Waals surface area (Å²) in [5, 5.41) is 12.6. The van der Waals surface area contributed by atoms with Crippen LogP contribution in [0.15, 0.2) is 35.8 Å². The van der Waals surface area contributed by atoms with Crippen molar-refractivity contribution in [2.24, 2.45) is 0 Å². The van der Waals surface area contributed by atoms with Gasteiger partial charge in [0.05, 0.1) is 4.91 Å². The van der Waals surface area contributed by atoms with Gasteiger partial charge in [-0.25, -0.2) is 0 Å². The molecule has 0 radical (unpaired) electrons. The number of phenols is 1. The summed E-state index contributed by atoms with van der Waals surface area (Å²) in [6, 6.07) is 5.41. The zero-order valence-corrected chi connectivity index (χ0v) is 11.1. The maximum Gasteiger partial charge on any atom is 0.263 e. The Balaban J connectivity index is 2.37. The van der Waals surface area contributed by atoms with Gasteiger partial charge in [0, 0.05) is 5.56 Å². The SMILES string of the molecule is C=CCc1cccc(/C=C2\SC(=S)NC2=O)c1O. The summed E-state index contributed by atoms with van der Waals surface area (Å²) in [5.41, 5.74) is 1.39. The summed E-state index contributed by atoms with van der Waals surface area (Å²) in [5.74, 6) is -0.0466. The number of hydrogen-bond donors (Lipinski definition) is 2. The Morgan fingerprint density at radius 1 is 1.50 bits per heavy atom. The van der Waals surface area contributed by atoms with E-state index in [0.29, 0.717) is 21.2 Å². The molecule has 18 heavy (non-hydrogen) atoms. The van der Waals surface area contributed by atoms with E-state index in [2.05, 4.69) is 11.9 Å². The van der Waals surface area contributed by atoms with Crippen molar-refractivity contribution in [3.8, 4) is 5.75 Å². The largest absolute Gasteiger partial charge is 0.507 e. The number of hydrogen-bond acceptors (Lipinski definition) is 4. The lowest BCUT2D eigenvalue weighted by Crippen LogP contribution is -2.17. The first-order valence-electron chi connectivity index (χ1n) is 5.28. The van der Waals surface area contributed by atoms with Crippen LogP contribution in [0.1, 0.15) is 11.1 Å². The number of carbonyl (C=O) groups excluding carboxylic acids is 1. The molecule has 1 aliphatic rings. The van der Waals surface area contributed by atoms with Gasteiger partial charge in [-0.05, 0) is 18.1 Å². The van der Waals surface area contributed by atoms with E-state index in [4.69, 9.17) is 12.2 Å². The van der Waals surface area contributed by atoms with E-state index < -0.39 is 0 Å². The number of rotatable bonds is 3. The third-order valence-electron chi connectivity index (χ3n) is 2.44. The summed E-state index contributed by atoms with van der Waals surface area (Å²) >= 11 is 6.10. The molecule has 0 aliphatic carbocycles. The molecule has 2 rings (SSSR count). The van der Waals surface area contributed by atoms with Gasteiger partial charge in [0.25, 0.3) is 5.91 Å². The molecule has 0 unspecified atom stereocenters. The van der Waals surface area contributed by atoms with Crippen molar-refractivity contribution in [3.05, 3.63) is 46.9 Å². The predicted molar refractivity (Wildman–Crippen MR) is 78.3 cm³/mol. The first-order valence-corrected chi connectivity index (χ1v) is 6.51. The van der Waals surface area contributed by atoms with Crippen molar-refractivity contribution < 1.29 is 9.90 Å². The first kappa shape index (κ1) is 12.9. The minimum Gasteiger partial charge on any atom is -0.507 e. The Kier molecular flexibility index (Phi) is 3.84. The molecule has 0 atom stereocenters. The zero-order chi connectivity index (χ0) is 13.1. The van der Waals surface area contributed by atoms with Crippen LogP contribution in [0.4, 0.5) is 0 Å². The second kappa shape index (κ2) is 5.37. The highest BCUT2D eigenvalue weighted by Gasteiger charge is 2.22. The summed E-state index contributed by atoms with van der Waals surface area (Å²) in [6.07, 6.45) is 3.94. The van der Waals surface area contributed by atoms with Gasteiger partial charge in [0.15, 0.2) is 0 Å². The van der Waals surface area contributed by atoms with Crippen LogP contribution in [-0.2, 0) is 11.2 Å². The summed E-state index contributed by atoms with van der Waals surface area (Å²) in [6.45, 7) is 3.64. The molecular weight excluding hydrogens is 266 g/mol. The Morgan fingerprint density at radius 2 is 2.28 bits per heavy atom. The van der Waals surface area contributed by atoms with Gasteiger partial charge in [-0.3, -0.25) is 4.79 Å². The first-order chi connectivity index (χ1) is 8.61. The van der Waals surface area contributed by atoms with Gasteiger partial charge in [-0.1, -0.05) is 48.3 Å². The molecule has 1 amide bonds. The fourth-order valence-electron chi connectivity index (χ4n) is 1.61. The van der Waals surface area contributed by atoms with Crippen LogP contribution in [0.2, 0.25) is 0 Å². The van der Waals surface area contributed by atoms with E-state index in [0.717, 1.165) is 5.56 Å². The maximum absolute atomic E-state index is 11.5. The van der Waals surface area contributed by atoms with Crippen molar-refractivity contribution in [2.45, 2.75) is 6.42 Å². The second-order valence-electron chi connectivity index (χ2n) is 3.70. The molecule has 3 nitrogen and oxygen atoms in total. The molecule has 0 aromatic heterocycles. The lowest BCUT2D eigenvalue weighted by atomic mass is 10.1. The van der Waals surface area contributed by atoms with E-state index in [1.807, 2.05) is 12.1 Å². The van der Waals surface area contributed by atoms with Gasteiger partial charge >= 0.3 is 0 Å². The smallest absolute Gasteiger partial charge is 0.263 e. The number of thiocarbonyl (C=S) groups is 1. The minimum absolute atomic E-state index is 0.177. The lowest BCUT2D eigenvalue weighted by Gasteiger charge is -2.05. The molecule has 0 saturated carbocycles. The van der Waals surface area contributed by atoms with Crippen LogP contribution >= 0.6 is 24.0 Å². The number of amides is 1. The molecule has 92 valence electrons. The van der Waals surface area contributed by atoms with Crippen LogP contribution in [0, 0.1) is 0 Å². The molecule has 1 heterocycles. The van der Waals surface area contributed by atoms with Crippen molar-refractivity contribution in [1.82, 2.24) is 5.32 Å². The van der Waals surface area contributed by atoms with Crippen molar-refractivity contribution in [3.63, 3.8) is 0 Å². The van der Waals surface area contributed by atoms with Crippen molar-refractivity contribution in [2.75, 3.05) is 0 Å². The Labute approximate surface area is 115 Å². The van der Waals surface area contributed by atoms with Crippen LogP contribution < -0.4 is 5.32 Å². The minimum atomic E-state index is -0.224. The number of aromatic hydroxyl groups is 1. The molecule has 5 heteroatoms. The monoisotopic (exact) mass is 277 g/mol. The van der Waals surface area contributed by atoms with Gasteiger partial charge in [0.2, 0.25) is 0 Å². The van der Waals surface area contributed by atoms with E-state index >= 15 is 0 Å².